The van der Waals surface area contributed by atoms with E-state index in [1.54, 1.807) is 23.1 Å². The first-order valence-corrected chi connectivity index (χ1v) is 16.3. The normalized spacial score (nSPS) is 16.6. The fourth-order valence-electron chi connectivity index (χ4n) is 5.67. The molecule has 0 aromatic heterocycles. The molecule has 1 saturated carbocycles. The maximum Gasteiger partial charge on any atom is 0.490 e. The Morgan fingerprint density at radius 1 is 1.00 bits per heavy atom. The molecule has 256 valence electrons. The zero-order chi connectivity index (χ0) is 34.2. The fourth-order valence-corrected chi connectivity index (χ4v) is 6.97. The van der Waals surface area contributed by atoms with Crippen molar-refractivity contribution in [2.45, 2.75) is 49.6 Å². The van der Waals surface area contributed by atoms with Crippen molar-refractivity contribution >= 4 is 44.3 Å². The largest absolute Gasteiger partial charge is 0.490 e. The van der Waals surface area contributed by atoms with Gasteiger partial charge in [0.05, 0.1) is 18.1 Å². The first kappa shape index (κ1) is 37.0. The van der Waals surface area contributed by atoms with Crippen LogP contribution < -0.4 is 4.90 Å². The van der Waals surface area contributed by atoms with Gasteiger partial charge in [-0.3, -0.25) is 14.8 Å². The summed E-state index contributed by atoms with van der Waals surface area (Å²) < 4.78 is 65.1. The maximum absolute atomic E-state index is 13.5. The van der Waals surface area contributed by atoms with E-state index in [1.165, 1.54) is 13.1 Å². The van der Waals surface area contributed by atoms with Crippen molar-refractivity contribution in [2.75, 3.05) is 59.0 Å². The summed E-state index contributed by atoms with van der Waals surface area (Å²) in [7, 11) is 1.06. The second-order valence-electron chi connectivity index (χ2n) is 11.6. The van der Waals surface area contributed by atoms with Crippen LogP contribution >= 0.6 is 0 Å². The van der Waals surface area contributed by atoms with Crippen LogP contribution in [-0.4, -0.2) is 111 Å². The molecule has 2 aromatic carbocycles. The van der Waals surface area contributed by atoms with E-state index in [-0.39, 0.29) is 17.2 Å². The van der Waals surface area contributed by atoms with Gasteiger partial charge in [-0.25, -0.2) is 18.3 Å². The summed E-state index contributed by atoms with van der Waals surface area (Å²) in [5.74, 6) is -3.71. The van der Waals surface area contributed by atoms with Gasteiger partial charge in [0.1, 0.15) is 6.67 Å². The zero-order valence-electron chi connectivity index (χ0n) is 26.1. The van der Waals surface area contributed by atoms with E-state index in [0.717, 1.165) is 41.1 Å². The molecule has 1 aliphatic carbocycles. The van der Waals surface area contributed by atoms with E-state index in [1.807, 2.05) is 31.1 Å². The number of carbonyl (C=O) groups excluding carboxylic acids is 2. The van der Waals surface area contributed by atoms with Gasteiger partial charge in [-0.1, -0.05) is 49.9 Å². The van der Waals surface area contributed by atoms with Crippen molar-refractivity contribution in [3.05, 3.63) is 36.4 Å². The Kier molecular flexibility index (Phi) is 12.8. The fraction of sp³-hybridized carbons (Fsp3) is 0.567. The zero-order valence-corrected chi connectivity index (χ0v) is 26.9. The van der Waals surface area contributed by atoms with Crippen molar-refractivity contribution in [1.82, 2.24) is 14.3 Å². The molecule has 0 spiro atoms. The van der Waals surface area contributed by atoms with E-state index in [9.17, 15) is 36.4 Å². The number of nitrogens with zero attached hydrogens (tertiary/aromatic N) is 4. The third kappa shape index (κ3) is 9.53. The molecule has 1 heterocycles. The lowest BCUT2D eigenvalue weighted by molar-refractivity contribution is -0.192. The molecule has 12 nitrogen and oxygen atoms in total. The van der Waals surface area contributed by atoms with Gasteiger partial charge in [0, 0.05) is 63.0 Å². The number of anilines is 1. The summed E-state index contributed by atoms with van der Waals surface area (Å²) in [5.41, 5.74) is 0.879. The number of rotatable bonds is 10. The number of amides is 2. The third-order valence-electron chi connectivity index (χ3n) is 8.08. The number of hydroxylamine groups is 2. The number of sulfonamides is 1. The van der Waals surface area contributed by atoms with Crippen molar-refractivity contribution in [2.24, 2.45) is 11.8 Å². The highest BCUT2D eigenvalue weighted by Crippen LogP contribution is 2.33. The molecule has 16 heteroatoms. The van der Waals surface area contributed by atoms with Crippen LogP contribution in [0.5, 0.6) is 0 Å². The monoisotopic (exact) mass is 674 g/mol. The van der Waals surface area contributed by atoms with Crippen LogP contribution in [0.15, 0.2) is 41.3 Å². The van der Waals surface area contributed by atoms with Crippen LogP contribution in [0.1, 0.15) is 38.5 Å². The Balaban J connectivity index is 0.000000738. The highest BCUT2D eigenvalue weighted by Gasteiger charge is 2.38. The minimum atomic E-state index is -5.08. The van der Waals surface area contributed by atoms with E-state index >= 15 is 0 Å². The van der Waals surface area contributed by atoms with Crippen LogP contribution in [0.2, 0.25) is 0 Å². The van der Waals surface area contributed by atoms with E-state index in [4.69, 9.17) is 14.6 Å². The lowest BCUT2D eigenvalue weighted by Crippen LogP contribution is -2.46. The molecule has 2 amide bonds. The molecule has 1 aliphatic heterocycles. The number of hydrogen-bond donors (Lipinski definition) is 2. The Morgan fingerprint density at radius 3 is 2.13 bits per heavy atom. The third-order valence-corrected chi connectivity index (χ3v) is 9.93. The minimum absolute atomic E-state index is 0.0913. The summed E-state index contributed by atoms with van der Waals surface area (Å²) in [4.78, 5) is 39.1. The van der Waals surface area contributed by atoms with Gasteiger partial charge in [0.25, 0.3) is 0 Å². The Labute approximate surface area is 266 Å². The second kappa shape index (κ2) is 15.9. The molecule has 4 rings (SSSR count). The van der Waals surface area contributed by atoms with Crippen molar-refractivity contribution in [3.63, 3.8) is 0 Å². The Morgan fingerprint density at radius 2 is 1.57 bits per heavy atom. The number of morpholine rings is 1. The lowest BCUT2D eigenvalue weighted by Gasteiger charge is -2.32. The van der Waals surface area contributed by atoms with Gasteiger partial charge >= 0.3 is 12.1 Å². The lowest BCUT2D eigenvalue weighted by atomic mass is 9.89. The van der Waals surface area contributed by atoms with Crippen LogP contribution in [0.3, 0.4) is 0 Å². The van der Waals surface area contributed by atoms with Gasteiger partial charge < -0.3 is 19.6 Å². The molecule has 2 aliphatic rings. The SMILES string of the molecule is CN(C)c1cccc2c(S(=O)(=O)N(C)CN(O)C(=O)C[C@@H](CC3CCCC3)C(=O)N3CCOCC3)cccc12.O=C(O)C(F)(F)F. The summed E-state index contributed by atoms with van der Waals surface area (Å²) in [6, 6.07) is 10.5. The van der Waals surface area contributed by atoms with Gasteiger partial charge in [-0.05, 0) is 24.5 Å². The summed E-state index contributed by atoms with van der Waals surface area (Å²) in [6.45, 7) is 1.35. The van der Waals surface area contributed by atoms with Crippen molar-refractivity contribution < 1.29 is 51.0 Å². The molecule has 46 heavy (non-hydrogen) atoms. The average Bonchev–Trinajstić information content (AvgIpc) is 3.53. The molecule has 2 N–H and O–H groups in total. The first-order chi connectivity index (χ1) is 21.5. The number of aliphatic carboxylic acids is 1. The van der Waals surface area contributed by atoms with Crippen LogP contribution in [-0.2, 0) is 29.1 Å². The molecule has 2 fully saturated rings. The van der Waals surface area contributed by atoms with Crippen molar-refractivity contribution in [3.8, 4) is 0 Å². The highest BCUT2D eigenvalue weighted by atomic mass is 32.2. The van der Waals surface area contributed by atoms with Gasteiger partial charge in [-0.2, -0.15) is 17.5 Å². The smallest absolute Gasteiger partial charge is 0.475 e. The molecule has 0 radical (unpaired) electrons. The van der Waals surface area contributed by atoms with Crippen LogP contribution in [0.25, 0.3) is 10.8 Å². The quantitative estimate of drug-likeness (QED) is 0.218. The molecule has 2 aromatic rings. The molecule has 1 saturated heterocycles. The molecule has 1 atom stereocenters. The number of carbonyl (C=O) groups is 3. The number of benzene rings is 2. The predicted molar refractivity (Wildman–Crippen MR) is 162 cm³/mol. The van der Waals surface area contributed by atoms with Gasteiger partial charge in [-0.15, -0.1) is 0 Å². The minimum Gasteiger partial charge on any atom is -0.475 e. The first-order valence-electron chi connectivity index (χ1n) is 14.8. The number of fused-ring (bicyclic) bond motifs is 1. The van der Waals surface area contributed by atoms with Gasteiger partial charge in [0.2, 0.25) is 21.8 Å². The van der Waals surface area contributed by atoms with Gasteiger partial charge in [0.15, 0.2) is 0 Å². The number of hydrogen-bond acceptors (Lipinski definition) is 8. The number of ether oxygens (including phenoxy) is 1. The number of carboxylic acid groups (broad SMARTS) is 1. The second-order valence-corrected chi connectivity index (χ2v) is 13.6. The highest BCUT2D eigenvalue weighted by molar-refractivity contribution is 7.89. The van der Waals surface area contributed by atoms with Crippen molar-refractivity contribution in [1.29, 1.82) is 0 Å². The van der Waals surface area contributed by atoms with E-state index < -0.39 is 40.7 Å². The molecular formula is C30H41F3N4O8S. The maximum atomic E-state index is 13.5. The summed E-state index contributed by atoms with van der Waals surface area (Å²) >= 11 is 0. The molecule has 0 unspecified atom stereocenters. The molecule has 0 bridgehead atoms. The predicted octanol–water partition coefficient (Wildman–Crippen LogP) is 3.78. The van der Waals surface area contributed by atoms with Crippen LogP contribution in [0, 0.1) is 11.8 Å². The summed E-state index contributed by atoms with van der Waals surface area (Å²) in [6.07, 6.45) is -0.352. The number of halogens is 3. The topological polar surface area (TPSA) is 148 Å². The standard InChI is InChI=1S/C28H40N4O6S.C2HF3O2/c1-29(2)25-12-6-11-24-23(25)10-7-13-26(24)39(36,37)30(3)20-32(35)27(33)19-22(18-21-8-4-5-9-21)28(34)31-14-16-38-17-15-31;3-2(4,5)1(6)7/h6-7,10-13,21-22,35H,4-5,8-9,14-20H2,1-3H3;(H,6,7)/t22-;/m1./s1. The average molecular weight is 675 g/mol. The summed E-state index contributed by atoms with van der Waals surface area (Å²) in [5, 5.41) is 19.5. The van der Waals surface area contributed by atoms with E-state index in [0.29, 0.717) is 49.1 Å². The Hall–Kier alpha value is -3.47. The number of carboxylic acids is 1. The number of alkyl halides is 3. The van der Waals surface area contributed by atoms with E-state index in [2.05, 4.69) is 0 Å². The van der Waals surface area contributed by atoms with Crippen LogP contribution in [0.4, 0.5) is 18.9 Å². The Bertz CT molecular complexity index is 1480. The molecular weight excluding hydrogens is 633 g/mol.